The van der Waals surface area contributed by atoms with Gasteiger partial charge in [-0.05, 0) is 42.2 Å². The number of amides is 2. The van der Waals surface area contributed by atoms with Gasteiger partial charge in [0.25, 0.3) is 0 Å². The van der Waals surface area contributed by atoms with Crippen molar-refractivity contribution >= 4 is 17.5 Å². The first kappa shape index (κ1) is 17.5. The average molecular weight is 372 g/mol. The lowest BCUT2D eigenvalue weighted by atomic mass is 9.86. The highest BCUT2D eigenvalue weighted by Gasteiger charge is 2.41. The van der Waals surface area contributed by atoms with E-state index in [2.05, 4.69) is 10.6 Å². The SMILES string of the molecule is O=C1NC[C@H](c2ccc3c(c2)CCCO3)[C@H]1C(=O)Nc1cccc(F)c1F. The molecule has 2 aliphatic heterocycles. The molecule has 2 N–H and O–H groups in total. The molecule has 0 aromatic heterocycles. The second kappa shape index (κ2) is 6.98. The molecule has 2 aliphatic rings. The van der Waals surface area contributed by atoms with Gasteiger partial charge in [0.2, 0.25) is 11.8 Å². The molecule has 2 heterocycles. The molecule has 27 heavy (non-hydrogen) atoms. The van der Waals surface area contributed by atoms with Crippen LogP contribution in [0.15, 0.2) is 36.4 Å². The second-order valence-corrected chi connectivity index (χ2v) is 6.74. The molecule has 0 radical (unpaired) electrons. The number of carbonyl (C=O) groups is 2. The zero-order chi connectivity index (χ0) is 19.0. The van der Waals surface area contributed by atoms with Gasteiger partial charge in [0.05, 0.1) is 12.3 Å². The number of anilines is 1. The van der Waals surface area contributed by atoms with Crippen molar-refractivity contribution in [3.05, 3.63) is 59.2 Å². The van der Waals surface area contributed by atoms with E-state index in [1.807, 2.05) is 18.2 Å². The van der Waals surface area contributed by atoms with Crippen LogP contribution in [0.25, 0.3) is 0 Å². The van der Waals surface area contributed by atoms with Gasteiger partial charge in [0, 0.05) is 12.5 Å². The lowest BCUT2D eigenvalue weighted by Gasteiger charge is -2.21. The maximum absolute atomic E-state index is 13.9. The number of fused-ring (bicyclic) bond motifs is 1. The van der Waals surface area contributed by atoms with Crippen molar-refractivity contribution in [2.24, 2.45) is 5.92 Å². The molecule has 2 aromatic rings. The van der Waals surface area contributed by atoms with Gasteiger partial charge in [0.1, 0.15) is 11.7 Å². The summed E-state index contributed by atoms with van der Waals surface area (Å²) in [5, 5.41) is 5.04. The summed E-state index contributed by atoms with van der Waals surface area (Å²) in [6.45, 7) is 0.988. The molecule has 1 saturated heterocycles. The van der Waals surface area contributed by atoms with Crippen molar-refractivity contribution < 1.29 is 23.1 Å². The van der Waals surface area contributed by atoms with Crippen LogP contribution in [-0.4, -0.2) is 25.0 Å². The number of aryl methyl sites for hydroxylation is 1. The second-order valence-electron chi connectivity index (χ2n) is 6.74. The van der Waals surface area contributed by atoms with E-state index in [4.69, 9.17) is 4.74 Å². The number of halogens is 2. The third-order valence-electron chi connectivity index (χ3n) is 5.03. The Morgan fingerprint density at radius 1 is 1.22 bits per heavy atom. The molecule has 7 heteroatoms. The first-order chi connectivity index (χ1) is 13.0. The van der Waals surface area contributed by atoms with Crippen LogP contribution in [0.4, 0.5) is 14.5 Å². The summed E-state index contributed by atoms with van der Waals surface area (Å²) in [5.74, 6) is -3.87. The quantitative estimate of drug-likeness (QED) is 0.815. The number of carbonyl (C=O) groups excluding carboxylic acids is 2. The van der Waals surface area contributed by atoms with Crippen molar-refractivity contribution in [2.45, 2.75) is 18.8 Å². The van der Waals surface area contributed by atoms with Gasteiger partial charge in [-0.3, -0.25) is 9.59 Å². The standard InChI is InChI=1S/C20H18F2N2O3/c21-14-4-1-5-15(18(14)22)24-20(26)17-13(10-23-19(17)25)11-6-7-16-12(9-11)3-2-8-27-16/h1,4-7,9,13,17H,2-3,8,10H2,(H,23,25)(H,24,26)/t13-,17-/m1/s1. The summed E-state index contributed by atoms with van der Waals surface area (Å²) in [6.07, 6.45) is 1.80. The highest BCUT2D eigenvalue weighted by atomic mass is 19.2. The van der Waals surface area contributed by atoms with Crippen LogP contribution in [0.2, 0.25) is 0 Å². The third kappa shape index (κ3) is 3.25. The van der Waals surface area contributed by atoms with Crippen LogP contribution < -0.4 is 15.4 Å². The summed E-state index contributed by atoms with van der Waals surface area (Å²) in [6, 6.07) is 9.18. The molecule has 2 atom stereocenters. The van der Waals surface area contributed by atoms with Crippen molar-refractivity contribution in [2.75, 3.05) is 18.5 Å². The number of rotatable bonds is 3. The molecular weight excluding hydrogens is 354 g/mol. The molecule has 2 aromatic carbocycles. The van der Waals surface area contributed by atoms with Crippen molar-refractivity contribution in [1.29, 1.82) is 0 Å². The average Bonchev–Trinajstić information content (AvgIpc) is 3.06. The minimum atomic E-state index is -1.15. The Morgan fingerprint density at radius 3 is 2.93 bits per heavy atom. The predicted molar refractivity (Wildman–Crippen MR) is 94.5 cm³/mol. The molecule has 0 aliphatic carbocycles. The minimum Gasteiger partial charge on any atom is -0.493 e. The van der Waals surface area contributed by atoms with Gasteiger partial charge in [0.15, 0.2) is 11.6 Å². The summed E-state index contributed by atoms with van der Waals surface area (Å²) in [7, 11) is 0. The van der Waals surface area contributed by atoms with Gasteiger partial charge in [-0.25, -0.2) is 8.78 Å². The number of ether oxygens (including phenoxy) is 1. The van der Waals surface area contributed by atoms with Crippen molar-refractivity contribution in [3.8, 4) is 5.75 Å². The van der Waals surface area contributed by atoms with Gasteiger partial charge in [-0.2, -0.15) is 0 Å². The molecule has 140 valence electrons. The van der Waals surface area contributed by atoms with E-state index in [1.165, 1.54) is 12.1 Å². The Labute approximate surface area is 154 Å². The van der Waals surface area contributed by atoms with E-state index in [0.29, 0.717) is 13.2 Å². The van der Waals surface area contributed by atoms with Crippen LogP contribution in [-0.2, 0) is 16.0 Å². The van der Waals surface area contributed by atoms with E-state index < -0.39 is 29.4 Å². The highest BCUT2D eigenvalue weighted by Crippen LogP contribution is 2.34. The van der Waals surface area contributed by atoms with E-state index in [9.17, 15) is 18.4 Å². The summed E-state index contributed by atoms with van der Waals surface area (Å²) in [4.78, 5) is 24.9. The predicted octanol–water partition coefficient (Wildman–Crippen LogP) is 2.76. The molecule has 2 amide bonds. The topological polar surface area (TPSA) is 67.4 Å². The van der Waals surface area contributed by atoms with Gasteiger partial charge < -0.3 is 15.4 Å². The molecule has 0 spiro atoms. The first-order valence-corrected chi connectivity index (χ1v) is 8.83. The Bertz CT molecular complexity index is 916. The zero-order valence-corrected chi connectivity index (χ0v) is 14.4. The van der Waals surface area contributed by atoms with Gasteiger partial charge in [-0.1, -0.05) is 18.2 Å². The number of nitrogens with one attached hydrogen (secondary N) is 2. The lowest BCUT2D eigenvalue weighted by molar-refractivity contribution is -0.130. The monoisotopic (exact) mass is 372 g/mol. The Morgan fingerprint density at radius 2 is 2.07 bits per heavy atom. The summed E-state index contributed by atoms with van der Waals surface area (Å²) >= 11 is 0. The molecule has 1 fully saturated rings. The van der Waals surface area contributed by atoms with Gasteiger partial charge in [-0.15, -0.1) is 0 Å². The molecular formula is C20H18F2N2O3. The molecule has 5 nitrogen and oxygen atoms in total. The first-order valence-electron chi connectivity index (χ1n) is 8.83. The lowest BCUT2D eigenvalue weighted by Crippen LogP contribution is -2.32. The van der Waals surface area contributed by atoms with Crippen LogP contribution in [0.3, 0.4) is 0 Å². The molecule has 4 rings (SSSR count). The van der Waals surface area contributed by atoms with E-state index in [-0.39, 0.29) is 11.6 Å². The van der Waals surface area contributed by atoms with Crippen molar-refractivity contribution in [3.63, 3.8) is 0 Å². The smallest absolute Gasteiger partial charge is 0.237 e. The molecule has 0 bridgehead atoms. The fourth-order valence-electron chi connectivity index (χ4n) is 3.65. The fraction of sp³-hybridized carbons (Fsp3) is 0.300. The normalized spacial score (nSPS) is 21.2. The summed E-state index contributed by atoms with van der Waals surface area (Å²) in [5.41, 5.74) is 1.61. The van der Waals surface area contributed by atoms with E-state index in [1.54, 1.807) is 0 Å². The maximum atomic E-state index is 13.9. The van der Waals surface area contributed by atoms with Crippen molar-refractivity contribution in [1.82, 2.24) is 5.32 Å². The minimum absolute atomic E-state index is 0.280. The van der Waals surface area contributed by atoms with Gasteiger partial charge >= 0.3 is 0 Å². The Kier molecular flexibility index (Phi) is 4.51. The molecule has 0 saturated carbocycles. The van der Waals surface area contributed by atoms with Crippen LogP contribution in [0, 0.1) is 17.6 Å². The third-order valence-corrected chi connectivity index (χ3v) is 5.03. The molecule has 0 unspecified atom stereocenters. The van der Waals surface area contributed by atoms with Crippen LogP contribution >= 0.6 is 0 Å². The fourth-order valence-corrected chi connectivity index (χ4v) is 3.65. The van der Waals surface area contributed by atoms with E-state index in [0.717, 1.165) is 35.8 Å². The number of hydrogen-bond donors (Lipinski definition) is 2. The summed E-state index contributed by atoms with van der Waals surface area (Å²) < 4.78 is 32.8. The zero-order valence-electron chi connectivity index (χ0n) is 14.4. The van der Waals surface area contributed by atoms with Crippen LogP contribution in [0.5, 0.6) is 5.75 Å². The van der Waals surface area contributed by atoms with Crippen LogP contribution in [0.1, 0.15) is 23.5 Å². The van der Waals surface area contributed by atoms with E-state index >= 15 is 0 Å². The Balaban J connectivity index is 1.59. The largest absolute Gasteiger partial charge is 0.493 e. The highest BCUT2D eigenvalue weighted by molar-refractivity contribution is 6.08. The Hall–Kier alpha value is -2.96. The number of hydrogen-bond acceptors (Lipinski definition) is 3. The number of benzene rings is 2. The maximum Gasteiger partial charge on any atom is 0.237 e.